The molecule has 0 fully saturated rings. The van der Waals surface area contributed by atoms with Gasteiger partial charge < -0.3 is 5.11 Å². The first kappa shape index (κ1) is 7.19. The maximum Gasteiger partial charge on any atom is 0.0796 e. The minimum Gasteiger partial charge on any atom is -0.388 e. The number of thiol groups is 1. The summed E-state index contributed by atoms with van der Waals surface area (Å²) in [6.07, 6.45) is 1.57. The summed E-state index contributed by atoms with van der Waals surface area (Å²) < 4.78 is 0. The quantitative estimate of drug-likeness (QED) is 0.564. The zero-order chi connectivity index (χ0) is 7.84. The van der Waals surface area contributed by atoms with Gasteiger partial charge in [-0.25, -0.2) is 0 Å². The molecule has 1 nitrogen and oxygen atoms in total. The van der Waals surface area contributed by atoms with Crippen LogP contribution in [0, 0.1) is 0 Å². The number of aliphatic hydroxyl groups excluding tert-OH is 1. The molecule has 1 N–H and O–H groups in total. The van der Waals surface area contributed by atoms with Crippen molar-refractivity contribution in [1.82, 2.24) is 0 Å². The lowest BCUT2D eigenvalue weighted by atomic mass is 10.1. The van der Waals surface area contributed by atoms with Gasteiger partial charge in [0.05, 0.1) is 6.10 Å². The van der Waals surface area contributed by atoms with Gasteiger partial charge in [-0.15, -0.1) is 12.6 Å². The van der Waals surface area contributed by atoms with Gasteiger partial charge in [0.25, 0.3) is 0 Å². The lowest BCUT2D eigenvalue weighted by Gasteiger charge is -2.03. The highest BCUT2D eigenvalue weighted by Gasteiger charge is 2.20. The Labute approximate surface area is 71.5 Å². The van der Waals surface area contributed by atoms with Crippen molar-refractivity contribution in [2.75, 3.05) is 0 Å². The van der Waals surface area contributed by atoms with Crippen molar-refractivity contribution in [3.8, 4) is 0 Å². The van der Waals surface area contributed by atoms with Crippen LogP contribution in [0.15, 0.2) is 23.1 Å². The minimum atomic E-state index is -0.253. The summed E-state index contributed by atoms with van der Waals surface area (Å²) in [4.78, 5) is 1.01. The van der Waals surface area contributed by atoms with Gasteiger partial charge in [-0.05, 0) is 30.0 Å². The Bertz CT molecular complexity index is 283. The normalized spacial score (nSPS) is 21.8. The van der Waals surface area contributed by atoms with Crippen molar-refractivity contribution in [3.63, 3.8) is 0 Å². The highest BCUT2D eigenvalue weighted by Crippen LogP contribution is 2.34. The predicted octanol–water partition coefficient (Wildman–Crippen LogP) is 1.95. The first-order valence-electron chi connectivity index (χ1n) is 3.78. The Balaban J connectivity index is 2.57. The van der Waals surface area contributed by atoms with Gasteiger partial charge >= 0.3 is 0 Å². The van der Waals surface area contributed by atoms with E-state index in [1.807, 2.05) is 18.2 Å². The molecule has 0 amide bonds. The van der Waals surface area contributed by atoms with Gasteiger partial charge in [-0.1, -0.05) is 12.1 Å². The summed E-state index contributed by atoms with van der Waals surface area (Å²) in [6, 6.07) is 5.89. The Morgan fingerprint density at radius 1 is 1.45 bits per heavy atom. The molecule has 58 valence electrons. The van der Waals surface area contributed by atoms with Crippen LogP contribution in [-0.2, 0) is 6.42 Å². The van der Waals surface area contributed by atoms with Crippen LogP contribution in [0.1, 0.15) is 23.7 Å². The highest BCUT2D eigenvalue weighted by molar-refractivity contribution is 7.80. The summed E-state index contributed by atoms with van der Waals surface area (Å²) in [6.45, 7) is 0. The summed E-state index contributed by atoms with van der Waals surface area (Å²) in [5.74, 6) is 0. The maximum absolute atomic E-state index is 9.47. The maximum atomic E-state index is 9.47. The van der Waals surface area contributed by atoms with E-state index >= 15 is 0 Å². The lowest BCUT2D eigenvalue weighted by Crippen LogP contribution is -1.89. The van der Waals surface area contributed by atoms with E-state index in [-0.39, 0.29) is 6.10 Å². The van der Waals surface area contributed by atoms with Gasteiger partial charge in [0.1, 0.15) is 0 Å². The van der Waals surface area contributed by atoms with Gasteiger partial charge in [0.2, 0.25) is 0 Å². The van der Waals surface area contributed by atoms with E-state index in [1.54, 1.807) is 0 Å². The molecule has 1 atom stereocenters. The molecule has 1 aliphatic rings. The summed E-state index contributed by atoms with van der Waals surface area (Å²) in [5.41, 5.74) is 2.29. The molecule has 2 heteroatoms. The minimum absolute atomic E-state index is 0.253. The van der Waals surface area contributed by atoms with Gasteiger partial charge in [0.15, 0.2) is 0 Å². The average Bonchev–Trinajstić information content (AvgIpc) is 2.35. The Kier molecular flexibility index (Phi) is 1.66. The molecule has 0 heterocycles. The molecule has 0 radical (unpaired) electrons. The van der Waals surface area contributed by atoms with Gasteiger partial charge in [0, 0.05) is 4.90 Å². The fourth-order valence-electron chi connectivity index (χ4n) is 1.61. The van der Waals surface area contributed by atoms with Crippen molar-refractivity contribution in [2.24, 2.45) is 0 Å². The molecule has 1 aliphatic carbocycles. The van der Waals surface area contributed by atoms with E-state index in [0.29, 0.717) is 0 Å². The molecule has 0 spiro atoms. The lowest BCUT2D eigenvalue weighted by molar-refractivity contribution is 0.180. The van der Waals surface area contributed by atoms with Crippen molar-refractivity contribution >= 4 is 12.6 Å². The van der Waals surface area contributed by atoms with Crippen molar-refractivity contribution in [3.05, 3.63) is 29.3 Å². The second-order valence-electron chi connectivity index (χ2n) is 2.90. The van der Waals surface area contributed by atoms with Crippen LogP contribution in [0.5, 0.6) is 0 Å². The average molecular weight is 166 g/mol. The van der Waals surface area contributed by atoms with Crippen LogP contribution in [0.4, 0.5) is 0 Å². The first-order chi connectivity index (χ1) is 5.29. The van der Waals surface area contributed by atoms with Crippen LogP contribution in [-0.4, -0.2) is 5.11 Å². The molecule has 0 saturated carbocycles. The third kappa shape index (κ3) is 1.06. The van der Waals surface area contributed by atoms with Crippen LogP contribution >= 0.6 is 12.6 Å². The highest BCUT2D eigenvalue weighted by atomic mass is 32.1. The molecule has 1 aromatic carbocycles. The number of hydrogen-bond donors (Lipinski definition) is 2. The SMILES string of the molecule is OC1CCc2c(S)cccc21. The van der Waals surface area contributed by atoms with E-state index in [2.05, 4.69) is 12.6 Å². The van der Waals surface area contributed by atoms with Crippen molar-refractivity contribution in [2.45, 2.75) is 23.8 Å². The molecule has 0 aliphatic heterocycles. The summed E-state index contributed by atoms with van der Waals surface area (Å²) in [5, 5.41) is 9.47. The standard InChI is InChI=1S/C9H10OS/c10-8-5-4-7-6(8)2-1-3-9(7)11/h1-3,8,10-11H,4-5H2. The molecule has 11 heavy (non-hydrogen) atoms. The van der Waals surface area contributed by atoms with E-state index in [9.17, 15) is 5.11 Å². The van der Waals surface area contributed by atoms with E-state index in [0.717, 1.165) is 23.3 Å². The topological polar surface area (TPSA) is 20.2 Å². The van der Waals surface area contributed by atoms with Crippen molar-refractivity contribution < 1.29 is 5.11 Å². The predicted molar refractivity (Wildman–Crippen MR) is 47.0 cm³/mol. The second kappa shape index (κ2) is 2.54. The third-order valence-corrected chi connectivity index (χ3v) is 2.63. The zero-order valence-electron chi connectivity index (χ0n) is 6.12. The molecule has 0 aromatic heterocycles. The number of aliphatic hydroxyl groups is 1. The van der Waals surface area contributed by atoms with Crippen LogP contribution in [0.3, 0.4) is 0 Å². The second-order valence-corrected chi connectivity index (χ2v) is 3.38. The smallest absolute Gasteiger partial charge is 0.0796 e. The largest absolute Gasteiger partial charge is 0.388 e. The fraction of sp³-hybridized carbons (Fsp3) is 0.333. The van der Waals surface area contributed by atoms with E-state index in [4.69, 9.17) is 0 Å². The van der Waals surface area contributed by atoms with Gasteiger partial charge in [-0.3, -0.25) is 0 Å². The molecule has 1 unspecified atom stereocenters. The third-order valence-electron chi connectivity index (χ3n) is 2.21. The number of hydrogen-bond acceptors (Lipinski definition) is 2. The number of benzene rings is 1. The monoisotopic (exact) mass is 166 g/mol. The fourth-order valence-corrected chi connectivity index (χ4v) is 1.94. The first-order valence-corrected chi connectivity index (χ1v) is 4.22. The Morgan fingerprint density at radius 2 is 2.27 bits per heavy atom. The van der Waals surface area contributed by atoms with Gasteiger partial charge in [-0.2, -0.15) is 0 Å². The number of fused-ring (bicyclic) bond motifs is 1. The Hall–Kier alpha value is -0.470. The molecule has 0 bridgehead atoms. The molecule has 1 aromatic rings. The van der Waals surface area contributed by atoms with Crippen molar-refractivity contribution in [1.29, 1.82) is 0 Å². The molecule has 0 saturated heterocycles. The summed E-state index contributed by atoms with van der Waals surface area (Å²) in [7, 11) is 0. The van der Waals surface area contributed by atoms with E-state index < -0.39 is 0 Å². The van der Waals surface area contributed by atoms with E-state index in [1.165, 1.54) is 5.56 Å². The summed E-state index contributed by atoms with van der Waals surface area (Å²) >= 11 is 4.32. The van der Waals surface area contributed by atoms with Crippen LogP contribution in [0.25, 0.3) is 0 Å². The molecular formula is C9H10OS. The zero-order valence-corrected chi connectivity index (χ0v) is 7.01. The van der Waals surface area contributed by atoms with Crippen LogP contribution in [0.2, 0.25) is 0 Å². The van der Waals surface area contributed by atoms with Crippen LogP contribution < -0.4 is 0 Å². The molecule has 2 rings (SSSR count). The molecular weight excluding hydrogens is 156 g/mol. The Morgan fingerprint density at radius 3 is 3.00 bits per heavy atom. The number of rotatable bonds is 0.